The first-order valence-corrected chi connectivity index (χ1v) is 14.2. The number of hydrogen-bond donors (Lipinski definition) is 4. The third kappa shape index (κ3) is 8.23. The Morgan fingerprint density at radius 3 is 2.79 bits per heavy atom. The number of anilines is 2. The topological polar surface area (TPSA) is 132 Å². The van der Waals surface area contributed by atoms with Crippen molar-refractivity contribution >= 4 is 46.8 Å². The molecule has 5 rings (SSSR count). The van der Waals surface area contributed by atoms with Crippen molar-refractivity contribution < 1.29 is 27.9 Å². The molecule has 10 nitrogen and oxygen atoms in total. The number of aromatic nitrogens is 3. The molecule has 3 aromatic rings. The molecule has 1 fully saturated rings. The summed E-state index contributed by atoms with van der Waals surface area (Å²) in [5, 5.41) is 18.9. The number of benzene rings is 1. The van der Waals surface area contributed by atoms with Crippen molar-refractivity contribution in [3.8, 4) is 0 Å². The Labute approximate surface area is 253 Å². The first-order chi connectivity index (χ1) is 20.2. The number of nitrogens with one attached hydrogen (secondary N) is 3. The molecule has 14 heteroatoms. The number of likely N-dealkylation sites (tertiary alicyclic amines) is 1. The Hall–Kier alpha value is -3.71. The second kappa shape index (κ2) is 14.2. The summed E-state index contributed by atoms with van der Waals surface area (Å²) in [6.07, 6.45) is 2.06. The van der Waals surface area contributed by atoms with Gasteiger partial charge in [0.2, 0.25) is 5.91 Å². The van der Waals surface area contributed by atoms with E-state index in [2.05, 4.69) is 43.0 Å². The van der Waals surface area contributed by atoms with Gasteiger partial charge in [0.1, 0.15) is 24.0 Å². The van der Waals surface area contributed by atoms with Gasteiger partial charge < -0.3 is 26.0 Å². The molecular weight excluding hydrogens is 587 g/mol. The van der Waals surface area contributed by atoms with Gasteiger partial charge in [0, 0.05) is 30.7 Å². The number of nitrogens with zero attached hydrogens (tertiary/aromatic N) is 4. The van der Waals surface area contributed by atoms with Gasteiger partial charge in [0.15, 0.2) is 0 Å². The minimum absolute atomic E-state index is 0. The van der Waals surface area contributed by atoms with Gasteiger partial charge in [-0.05, 0) is 81.4 Å². The van der Waals surface area contributed by atoms with Crippen LogP contribution in [0.3, 0.4) is 0 Å². The molecule has 0 bridgehead atoms. The monoisotopic (exact) mass is 621 g/mol. The Balaban J connectivity index is 0.00000423. The molecule has 43 heavy (non-hydrogen) atoms. The second-order valence-electron chi connectivity index (χ2n) is 10.8. The van der Waals surface area contributed by atoms with Crippen LogP contribution in [-0.4, -0.2) is 75.6 Å². The summed E-state index contributed by atoms with van der Waals surface area (Å²) in [7, 11) is 0. The molecule has 0 spiro atoms. The maximum Gasteiger partial charge on any atom is 0.416 e. The number of halogens is 4. The van der Waals surface area contributed by atoms with E-state index >= 15 is 0 Å². The van der Waals surface area contributed by atoms with Gasteiger partial charge in [0.05, 0.1) is 17.0 Å². The molecule has 0 radical (unpaired) electrons. The van der Waals surface area contributed by atoms with Crippen LogP contribution >= 0.6 is 12.4 Å². The molecule has 2 aliphatic rings. The summed E-state index contributed by atoms with van der Waals surface area (Å²) in [5.41, 5.74) is 1.48. The number of aliphatic carboxylic acids is 1. The maximum absolute atomic E-state index is 13.1. The van der Waals surface area contributed by atoms with Crippen LogP contribution in [0.2, 0.25) is 0 Å². The molecule has 0 saturated carbocycles. The number of carboxylic acids is 1. The standard InChI is InChI=1S/C29H34F3N7O3.ClH/c30-29(31,32)20-8-10-22-23(14-20)35-17-36-26(22)38-24(28(41)42)15-34-27(40)19-5-2-12-39(16-19)13-3-6-21-9-7-18-4-1-11-33-25(18)37-21;/h7-10,14,17,19,24H,1-6,11-13,15-16H2,(H,33,37)(H,34,40)(H,41,42)(H,35,36,38);1H/t19-,24?;/m1./s1. The Morgan fingerprint density at radius 2 is 2.00 bits per heavy atom. The quantitative estimate of drug-likeness (QED) is 0.264. The zero-order valence-corrected chi connectivity index (χ0v) is 24.3. The van der Waals surface area contributed by atoms with Crippen molar-refractivity contribution in [1.82, 2.24) is 25.2 Å². The molecule has 0 aliphatic carbocycles. The lowest BCUT2D eigenvalue weighted by Gasteiger charge is -2.32. The normalized spacial score (nSPS) is 17.7. The smallest absolute Gasteiger partial charge is 0.416 e. The molecule has 1 aromatic carbocycles. The summed E-state index contributed by atoms with van der Waals surface area (Å²) >= 11 is 0. The molecule has 1 saturated heterocycles. The zero-order chi connectivity index (χ0) is 29.7. The lowest BCUT2D eigenvalue weighted by Crippen LogP contribution is -2.47. The summed E-state index contributed by atoms with van der Waals surface area (Å²) in [6, 6.07) is 5.98. The van der Waals surface area contributed by atoms with E-state index in [1.165, 1.54) is 11.6 Å². The molecule has 232 valence electrons. The number of hydrogen-bond acceptors (Lipinski definition) is 8. The molecule has 1 amide bonds. The zero-order valence-electron chi connectivity index (χ0n) is 23.5. The van der Waals surface area contributed by atoms with E-state index in [1.54, 1.807) is 0 Å². The van der Waals surface area contributed by atoms with Crippen LogP contribution in [-0.2, 0) is 28.6 Å². The van der Waals surface area contributed by atoms with Crippen molar-refractivity contribution in [2.75, 3.05) is 43.4 Å². The van der Waals surface area contributed by atoms with Gasteiger partial charge in [-0.2, -0.15) is 13.2 Å². The number of carbonyl (C=O) groups is 2. The predicted molar refractivity (Wildman–Crippen MR) is 158 cm³/mol. The predicted octanol–water partition coefficient (Wildman–Crippen LogP) is 4.15. The third-order valence-electron chi connectivity index (χ3n) is 7.79. The summed E-state index contributed by atoms with van der Waals surface area (Å²) in [5.74, 6) is -0.655. The highest BCUT2D eigenvalue weighted by atomic mass is 35.5. The SMILES string of the molecule is Cl.O=C(O)C(CNC(=O)[C@@H]1CCCN(CCCc2ccc3c(n2)NCCC3)C1)Nc1ncnc2cc(C(F)(F)F)ccc12. The molecule has 2 aliphatic heterocycles. The van der Waals surface area contributed by atoms with Crippen molar-refractivity contribution in [2.24, 2.45) is 5.92 Å². The van der Waals surface area contributed by atoms with Crippen LogP contribution in [0, 0.1) is 5.92 Å². The van der Waals surface area contributed by atoms with Gasteiger partial charge in [-0.25, -0.2) is 19.7 Å². The van der Waals surface area contributed by atoms with Crippen LogP contribution in [0.25, 0.3) is 10.9 Å². The van der Waals surface area contributed by atoms with E-state index in [0.29, 0.717) is 13.0 Å². The number of rotatable bonds is 10. The average molecular weight is 622 g/mol. The lowest BCUT2D eigenvalue weighted by molar-refractivity contribution is -0.138. The number of alkyl halides is 3. The van der Waals surface area contributed by atoms with Crippen LogP contribution in [0.4, 0.5) is 24.8 Å². The van der Waals surface area contributed by atoms with Crippen LogP contribution in [0.1, 0.15) is 42.5 Å². The molecule has 1 unspecified atom stereocenters. The van der Waals surface area contributed by atoms with E-state index < -0.39 is 23.8 Å². The number of aryl methyl sites for hydroxylation is 2. The summed E-state index contributed by atoms with van der Waals surface area (Å²) in [6.45, 7) is 3.07. The van der Waals surface area contributed by atoms with Crippen molar-refractivity contribution in [1.29, 1.82) is 0 Å². The Kier molecular flexibility index (Phi) is 10.6. The minimum atomic E-state index is -4.54. The van der Waals surface area contributed by atoms with Gasteiger partial charge in [-0.1, -0.05) is 6.07 Å². The van der Waals surface area contributed by atoms with E-state index in [1.807, 2.05) is 0 Å². The van der Waals surface area contributed by atoms with Crippen molar-refractivity contribution in [3.63, 3.8) is 0 Å². The first kappa shape index (κ1) is 32.2. The Bertz CT molecular complexity index is 1440. The molecule has 4 N–H and O–H groups in total. The average Bonchev–Trinajstić information content (AvgIpc) is 2.98. The van der Waals surface area contributed by atoms with Gasteiger partial charge in [-0.15, -0.1) is 12.4 Å². The minimum Gasteiger partial charge on any atom is -0.480 e. The highest BCUT2D eigenvalue weighted by Gasteiger charge is 2.31. The van der Waals surface area contributed by atoms with Gasteiger partial charge in [0.25, 0.3) is 0 Å². The lowest BCUT2D eigenvalue weighted by atomic mass is 9.96. The van der Waals surface area contributed by atoms with E-state index in [-0.39, 0.29) is 47.5 Å². The number of carbonyl (C=O) groups excluding carboxylic acids is 1. The highest BCUT2D eigenvalue weighted by molar-refractivity contribution is 5.91. The fourth-order valence-corrected chi connectivity index (χ4v) is 5.52. The van der Waals surface area contributed by atoms with E-state index in [4.69, 9.17) is 4.98 Å². The third-order valence-corrected chi connectivity index (χ3v) is 7.79. The number of amides is 1. The van der Waals surface area contributed by atoms with Gasteiger partial charge in [-0.3, -0.25) is 4.79 Å². The molecular formula is C29H35ClF3N7O3. The van der Waals surface area contributed by atoms with Crippen LogP contribution in [0.5, 0.6) is 0 Å². The highest BCUT2D eigenvalue weighted by Crippen LogP contribution is 2.32. The van der Waals surface area contributed by atoms with E-state index in [9.17, 15) is 27.9 Å². The number of piperidine rings is 1. The fourth-order valence-electron chi connectivity index (χ4n) is 5.52. The second-order valence-corrected chi connectivity index (χ2v) is 10.8. The molecule has 2 aromatic heterocycles. The first-order valence-electron chi connectivity index (χ1n) is 14.2. The summed E-state index contributed by atoms with van der Waals surface area (Å²) < 4.78 is 39.3. The Morgan fingerprint density at radius 1 is 1.16 bits per heavy atom. The van der Waals surface area contributed by atoms with Crippen LogP contribution < -0.4 is 16.0 Å². The summed E-state index contributed by atoms with van der Waals surface area (Å²) in [4.78, 5) is 39.9. The van der Waals surface area contributed by atoms with Crippen molar-refractivity contribution in [3.05, 3.63) is 53.5 Å². The molecule has 2 atom stereocenters. The van der Waals surface area contributed by atoms with Crippen molar-refractivity contribution in [2.45, 2.75) is 50.7 Å². The largest absolute Gasteiger partial charge is 0.480 e. The number of carboxylic acid groups (broad SMARTS) is 1. The maximum atomic E-state index is 13.1. The fraction of sp³-hybridized carbons (Fsp3) is 0.483. The number of pyridine rings is 1. The van der Waals surface area contributed by atoms with Gasteiger partial charge >= 0.3 is 12.1 Å². The molecule has 4 heterocycles. The number of fused-ring (bicyclic) bond motifs is 2. The van der Waals surface area contributed by atoms with Crippen LogP contribution in [0.15, 0.2) is 36.7 Å². The van der Waals surface area contributed by atoms with E-state index in [0.717, 1.165) is 81.7 Å².